The van der Waals surface area contributed by atoms with Crippen molar-refractivity contribution < 1.29 is 9.90 Å². The smallest absolute Gasteiger partial charge is 0.182 e. The molecule has 0 saturated heterocycles. The van der Waals surface area contributed by atoms with Crippen LogP contribution in [0.15, 0.2) is 48.7 Å². The van der Waals surface area contributed by atoms with Crippen molar-refractivity contribution in [3.8, 4) is 17.1 Å². The van der Waals surface area contributed by atoms with E-state index in [0.717, 1.165) is 0 Å². The summed E-state index contributed by atoms with van der Waals surface area (Å²) in [6.45, 7) is 1.95. The van der Waals surface area contributed by atoms with E-state index in [0.29, 0.717) is 22.6 Å². The number of pyridine rings is 1. The maximum atomic E-state index is 12.2. The third-order valence-electron chi connectivity index (χ3n) is 3.32. The Morgan fingerprint density at radius 1 is 1.20 bits per heavy atom. The largest absolute Gasteiger partial charge is 0.505 e. The van der Waals surface area contributed by atoms with Crippen LogP contribution in [-0.2, 0) is 6.54 Å². The number of ketones is 1. The van der Waals surface area contributed by atoms with E-state index in [-0.39, 0.29) is 18.1 Å². The molecule has 4 nitrogen and oxygen atoms in total. The maximum Gasteiger partial charge on any atom is 0.182 e. The molecule has 1 aromatic rings. The highest BCUT2D eigenvalue weighted by Gasteiger charge is 2.18. The van der Waals surface area contributed by atoms with E-state index in [2.05, 4.69) is 4.98 Å². The van der Waals surface area contributed by atoms with E-state index in [9.17, 15) is 9.90 Å². The molecule has 2 heterocycles. The number of nitrogens with zero attached hydrogens (tertiary/aromatic N) is 2. The number of aromatic hydroxyl groups is 1. The zero-order valence-corrected chi connectivity index (χ0v) is 11.1. The highest BCUT2D eigenvalue weighted by Crippen LogP contribution is 2.33. The van der Waals surface area contributed by atoms with Crippen molar-refractivity contribution in [2.75, 3.05) is 0 Å². The number of hydrogen-bond donors (Lipinski definition) is 1. The van der Waals surface area contributed by atoms with Crippen LogP contribution in [0.25, 0.3) is 11.4 Å². The fourth-order valence-corrected chi connectivity index (χ4v) is 2.26. The lowest BCUT2D eigenvalue weighted by atomic mass is 10.1. The standard InChI is InChI=1S/C16H14N2O2/c1-11-15(20)13-8-5-9-18(16(13)17-11)10-14(19)12-6-3-2-4-7-12/h2-9,20H,10H2,1H3. The Balaban J connectivity index is 1.95. The molecule has 0 radical (unpaired) electrons. The number of carbonyl (C=O) groups excluding carboxylic acids is 1. The molecule has 0 amide bonds. The van der Waals surface area contributed by atoms with Gasteiger partial charge in [0.25, 0.3) is 0 Å². The van der Waals surface area contributed by atoms with E-state index < -0.39 is 0 Å². The van der Waals surface area contributed by atoms with Gasteiger partial charge in [-0.1, -0.05) is 30.3 Å². The first-order valence-corrected chi connectivity index (χ1v) is 6.39. The third kappa shape index (κ3) is 2.05. The Morgan fingerprint density at radius 3 is 2.70 bits per heavy atom. The molecule has 0 aromatic heterocycles. The van der Waals surface area contributed by atoms with Gasteiger partial charge in [0.15, 0.2) is 5.78 Å². The van der Waals surface area contributed by atoms with Crippen LogP contribution in [0.4, 0.5) is 0 Å². The van der Waals surface area contributed by atoms with Gasteiger partial charge in [-0.2, -0.15) is 0 Å². The van der Waals surface area contributed by atoms with Crippen LogP contribution in [0.1, 0.15) is 16.1 Å². The first-order valence-electron chi connectivity index (χ1n) is 6.39. The number of rotatable bonds is 3. The molecule has 0 spiro atoms. The van der Waals surface area contributed by atoms with Crippen molar-refractivity contribution in [3.63, 3.8) is 0 Å². The Bertz CT molecular complexity index is 732. The first kappa shape index (κ1) is 12.4. The van der Waals surface area contributed by atoms with Crippen molar-refractivity contribution >= 4 is 5.78 Å². The summed E-state index contributed by atoms with van der Waals surface area (Å²) in [6, 6.07) is 12.8. The summed E-state index contributed by atoms with van der Waals surface area (Å²) in [7, 11) is 0. The average Bonchev–Trinajstić information content (AvgIpc) is 2.77. The van der Waals surface area contributed by atoms with Crippen molar-refractivity contribution in [2.24, 2.45) is 0 Å². The molecule has 1 N–H and O–H groups in total. The summed E-state index contributed by atoms with van der Waals surface area (Å²) in [5, 5.41) is 9.91. The van der Waals surface area contributed by atoms with E-state index in [1.54, 1.807) is 42.0 Å². The highest BCUT2D eigenvalue weighted by atomic mass is 16.3. The van der Waals surface area contributed by atoms with E-state index in [4.69, 9.17) is 0 Å². The lowest BCUT2D eigenvalue weighted by Gasteiger charge is -2.10. The van der Waals surface area contributed by atoms with Crippen LogP contribution in [0.5, 0.6) is 5.75 Å². The number of aryl methyl sites for hydroxylation is 1. The normalized spacial score (nSPS) is 10.8. The van der Waals surface area contributed by atoms with Crippen molar-refractivity contribution in [1.29, 1.82) is 0 Å². The van der Waals surface area contributed by atoms with Gasteiger partial charge in [0.05, 0.1) is 17.8 Å². The van der Waals surface area contributed by atoms with Crippen LogP contribution >= 0.6 is 0 Å². The second-order valence-corrected chi connectivity index (χ2v) is 4.71. The van der Waals surface area contributed by atoms with E-state index in [1.165, 1.54) is 0 Å². The lowest BCUT2D eigenvalue weighted by Crippen LogP contribution is -2.12. The first-order chi connectivity index (χ1) is 9.66. The Morgan fingerprint density at radius 2 is 1.95 bits per heavy atom. The van der Waals surface area contributed by atoms with E-state index >= 15 is 0 Å². The minimum atomic E-state index is 0.0169. The Hall–Kier alpha value is -2.62. The van der Waals surface area contributed by atoms with Crippen molar-refractivity contribution in [1.82, 2.24) is 9.55 Å². The molecule has 0 aliphatic carbocycles. The van der Waals surface area contributed by atoms with Gasteiger partial charge in [-0.3, -0.25) is 4.79 Å². The number of hydrogen-bond acceptors (Lipinski definition) is 3. The Kier molecular flexibility index (Phi) is 2.99. The monoisotopic (exact) mass is 266 g/mol. The summed E-state index contributed by atoms with van der Waals surface area (Å²) in [5.41, 5.74) is 1.92. The number of carbonyl (C=O) groups is 1. The zero-order chi connectivity index (χ0) is 14.1. The molecule has 3 rings (SSSR count). The molecule has 1 aromatic carbocycles. The summed E-state index contributed by atoms with van der Waals surface area (Å²) < 4.78 is 1.76. The molecule has 0 saturated carbocycles. The minimum absolute atomic E-state index is 0.0169. The van der Waals surface area contributed by atoms with Crippen LogP contribution in [0.3, 0.4) is 0 Å². The molecule has 0 atom stereocenters. The molecule has 2 aliphatic rings. The molecule has 0 bridgehead atoms. The van der Waals surface area contributed by atoms with Crippen LogP contribution < -0.4 is 0 Å². The van der Waals surface area contributed by atoms with Crippen molar-refractivity contribution in [2.45, 2.75) is 13.5 Å². The van der Waals surface area contributed by atoms with E-state index in [1.807, 2.05) is 18.2 Å². The zero-order valence-electron chi connectivity index (χ0n) is 11.1. The van der Waals surface area contributed by atoms with Gasteiger partial charge in [-0.05, 0) is 19.1 Å². The van der Waals surface area contributed by atoms with Crippen LogP contribution in [0, 0.1) is 6.92 Å². The maximum absolute atomic E-state index is 12.2. The lowest BCUT2D eigenvalue weighted by molar-refractivity contribution is 0.0972. The summed E-state index contributed by atoms with van der Waals surface area (Å²) in [5.74, 6) is 0.830. The number of fused-ring (bicyclic) bond motifs is 1. The molecular weight excluding hydrogens is 252 g/mol. The topological polar surface area (TPSA) is 55.1 Å². The second kappa shape index (κ2) is 4.81. The van der Waals surface area contributed by atoms with Gasteiger partial charge >= 0.3 is 0 Å². The number of Topliss-reactive ketones (excluding diaryl/α,β-unsaturated/α-hetero) is 1. The van der Waals surface area contributed by atoms with Crippen LogP contribution in [0.2, 0.25) is 0 Å². The number of benzene rings is 1. The second-order valence-electron chi connectivity index (χ2n) is 4.71. The summed E-state index contributed by atoms with van der Waals surface area (Å²) in [6.07, 6.45) is 1.80. The average molecular weight is 266 g/mol. The third-order valence-corrected chi connectivity index (χ3v) is 3.32. The molecule has 2 aliphatic heterocycles. The molecule has 100 valence electrons. The highest BCUT2D eigenvalue weighted by molar-refractivity contribution is 5.96. The molecule has 0 unspecified atom stereocenters. The molecule has 4 heteroatoms. The minimum Gasteiger partial charge on any atom is -0.505 e. The van der Waals surface area contributed by atoms with Gasteiger partial charge in [0.2, 0.25) is 0 Å². The quantitative estimate of drug-likeness (QED) is 0.742. The van der Waals surface area contributed by atoms with Gasteiger partial charge in [-0.25, -0.2) is 4.98 Å². The number of aromatic nitrogens is 2. The fourth-order valence-electron chi connectivity index (χ4n) is 2.26. The van der Waals surface area contributed by atoms with Crippen LogP contribution in [-0.4, -0.2) is 20.4 Å². The SMILES string of the molecule is Cc1nc2n(CC(=O)c3ccccc3)cccc-2c1O. The van der Waals surface area contributed by atoms with Gasteiger partial charge in [-0.15, -0.1) is 0 Å². The predicted molar refractivity (Wildman–Crippen MR) is 76.0 cm³/mol. The molecular formula is C16H14N2O2. The molecule has 0 fully saturated rings. The summed E-state index contributed by atoms with van der Waals surface area (Å²) >= 11 is 0. The van der Waals surface area contributed by atoms with Gasteiger partial charge in [0.1, 0.15) is 11.6 Å². The fraction of sp³-hybridized carbons (Fsp3) is 0.125. The summed E-state index contributed by atoms with van der Waals surface area (Å²) in [4.78, 5) is 16.6. The van der Waals surface area contributed by atoms with Gasteiger partial charge in [0, 0.05) is 11.8 Å². The predicted octanol–water partition coefficient (Wildman–Crippen LogP) is 2.88. The Labute approximate surface area is 116 Å². The van der Waals surface area contributed by atoms with Gasteiger partial charge < -0.3 is 9.67 Å². The molecule has 20 heavy (non-hydrogen) atoms. The van der Waals surface area contributed by atoms with Crippen molar-refractivity contribution in [3.05, 3.63) is 59.9 Å².